The first kappa shape index (κ1) is 18.8. The second-order valence-electron chi connectivity index (χ2n) is 7.01. The van der Waals surface area contributed by atoms with Crippen molar-refractivity contribution in [1.82, 2.24) is 0 Å². The Balaban J connectivity index is 1.99. The fourth-order valence-corrected chi connectivity index (χ4v) is 3.31. The fraction of sp³-hybridized carbons (Fsp3) is 0.261. The predicted octanol–water partition coefficient (Wildman–Crippen LogP) is 5.72. The van der Waals surface area contributed by atoms with E-state index in [1.807, 2.05) is 58.9 Å². The quantitative estimate of drug-likeness (QED) is 0.603. The van der Waals surface area contributed by atoms with E-state index in [4.69, 9.17) is 9.15 Å². The number of benzene rings is 2. The normalized spacial score (nSPS) is 11.7. The number of anilines is 1. The lowest BCUT2D eigenvalue weighted by molar-refractivity contribution is -0.111. The molecule has 140 valence electrons. The Morgan fingerprint density at radius 3 is 2.56 bits per heavy atom. The van der Waals surface area contributed by atoms with E-state index in [9.17, 15) is 4.79 Å². The van der Waals surface area contributed by atoms with Crippen molar-refractivity contribution < 1.29 is 13.9 Å². The zero-order chi connectivity index (χ0) is 19.7. The van der Waals surface area contributed by atoms with E-state index in [2.05, 4.69) is 5.32 Å². The first-order chi connectivity index (χ1) is 12.8. The minimum atomic E-state index is -0.162. The van der Waals surface area contributed by atoms with E-state index in [-0.39, 0.29) is 5.91 Å². The van der Waals surface area contributed by atoms with Crippen LogP contribution in [-0.4, -0.2) is 13.0 Å². The summed E-state index contributed by atoms with van der Waals surface area (Å²) in [4.78, 5) is 12.6. The predicted molar refractivity (Wildman–Crippen MR) is 110 cm³/mol. The zero-order valence-electron chi connectivity index (χ0n) is 16.7. The summed E-state index contributed by atoms with van der Waals surface area (Å²) in [7, 11) is 1.64. The molecular formula is C23H25NO3. The lowest BCUT2D eigenvalue weighted by Gasteiger charge is -2.13. The van der Waals surface area contributed by atoms with Crippen LogP contribution in [-0.2, 0) is 4.79 Å². The van der Waals surface area contributed by atoms with Crippen LogP contribution in [0.1, 0.15) is 34.7 Å². The standard InChI is InChI=1S/C23H25NO3/c1-13-7-8-14(2)20(9-13)24-21(25)10-15(3)18-11-19-16(4)12-27-23(19)17(5)22(18)26-6/h7-12H,1-6H3,(H,24,25)/b15-10+. The molecule has 1 aromatic heterocycles. The number of hydrogen-bond acceptors (Lipinski definition) is 3. The molecule has 0 spiro atoms. The summed E-state index contributed by atoms with van der Waals surface area (Å²) in [5, 5.41) is 4.01. The van der Waals surface area contributed by atoms with E-state index < -0.39 is 0 Å². The van der Waals surface area contributed by atoms with Crippen LogP contribution in [0.4, 0.5) is 5.69 Å². The number of methoxy groups -OCH3 is 1. The maximum Gasteiger partial charge on any atom is 0.248 e. The topological polar surface area (TPSA) is 51.5 Å². The number of fused-ring (bicyclic) bond motifs is 1. The van der Waals surface area contributed by atoms with E-state index in [1.54, 1.807) is 19.4 Å². The number of carbonyl (C=O) groups is 1. The van der Waals surface area contributed by atoms with E-state index in [1.165, 1.54) is 0 Å². The van der Waals surface area contributed by atoms with Gasteiger partial charge in [0.15, 0.2) is 0 Å². The zero-order valence-corrected chi connectivity index (χ0v) is 16.7. The van der Waals surface area contributed by atoms with Crippen molar-refractivity contribution in [3.05, 3.63) is 64.4 Å². The minimum Gasteiger partial charge on any atom is -0.496 e. The molecule has 2 aromatic carbocycles. The number of ether oxygens (including phenoxy) is 1. The highest BCUT2D eigenvalue weighted by molar-refractivity contribution is 6.05. The smallest absolute Gasteiger partial charge is 0.248 e. The molecule has 0 bridgehead atoms. The maximum absolute atomic E-state index is 12.6. The van der Waals surface area contributed by atoms with Crippen molar-refractivity contribution in [2.45, 2.75) is 34.6 Å². The summed E-state index contributed by atoms with van der Waals surface area (Å²) < 4.78 is 11.3. The molecule has 4 nitrogen and oxygen atoms in total. The van der Waals surface area contributed by atoms with Crippen LogP contribution in [0.25, 0.3) is 16.5 Å². The highest BCUT2D eigenvalue weighted by Gasteiger charge is 2.17. The van der Waals surface area contributed by atoms with Gasteiger partial charge in [-0.05, 0) is 69.0 Å². The molecule has 0 atom stereocenters. The first-order valence-electron chi connectivity index (χ1n) is 8.94. The van der Waals surface area contributed by atoms with Gasteiger partial charge in [-0.25, -0.2) is 0 Å². The summed E-state index contributed by atoms with van der Waals surface area (Å²) in [6.07, 6.45) is 3.35. The van der Waals surface area contributed by atoms with Gasteiger partial charge in [0.25, 0.3) is 0 Å². The Hall–Kier alpha value is -3.01. The van der Waals surface area contributed by atoms with E-state index in [0.717, 1.165) is 55.8 Å². The van der Waals surface area contributed by atoms with Gasteiger partial charge in [-0.2, -0.15) is 0 Å². The molecule has 3 aromatic rings. The average molecular weight is 363 g/mol. The molecule has 0 fully saturated rings. The SMILES string of the molecule is COc1c(/C(C)=C/C(=O)Nc2cc(C)ccc2C)cc2c(C)coc2c1C. The molecule has 27 heavy (non-hydrogen) atoms. The molecule has 1 N–H and O–H groups in total. The number of carbonyl (C=O) groups excluding carboxylic acids is 1. The van der Waals surface area contributed by atoms with Gasteiger partial charge >= 0.3 is 0 Å². The molecule has 0 saturated carbocycles. The minimum absolute atomic E-state index is 0.162. The number of nitrogens with one attached hydrogen (secondary N) is 1. The molecule has 0 radical (unpaired) electrons. The second-order valence-corrected chi connectivity index (χ2v) is 7.01. The molecule has 4 heteroatoms. The van der Waals surface area contributed by atoms with Crippen LogP contribution in [0.3, 0.4) is 0 Å². The molecule has 0 aliphatic heterocycles. The van der Waals surface area contributed by atoms with Crippen molar-refractivity contribution >= 4 is 28.1 Å². The van der Waals surface area contributed by atoms with Crippen LogP contribution in [0.15, 0.2) is 41.0 Å². The third-order valence-corrected chi connectivity index (χ3v) is 4.87. The summed E-state index contributed by atoms with van der Waals surface area (Å²) in [6, 6.07) is 8.03. The van der Waals surface area contributed by atoms with Gasteiger partial charge in [0.05, 0.1) is 13.4 Å². The summed E-state index contributed by atoms with van der Waals surface area (Å²) in [6.45, 7) is 9.88. The van der Waals surface area contributed by atoms with E-state index in [0.29, 0.717) is 0 Å². The average Bonchev–Trinajstić information content (AvgIpc) is 2.99. The van der Waals surface area contributed by atoms with Gasteiger partial charge < -0.3 is 14.5 Å². The van der Waals surface area contributed by atoms with Crippen molar-refractivity contribution in [2.24, 2.45) is 0 Å². The van der Waals surface area contributed by atoms with Crippen molar-refractivity contribution in [3.63, 3.8) is 0 Å². The van der Waals surface area contributed by atoms with Gasteiger partial charge in [0.1, 0.15) is 11.3 Å². The van der Waals surface area contributed by atoms with Crippen molar-refractivity contribution in [3.8, 4) is 5.75 Å². The van der Waals surface area contributed by atoms with Gasteiger partial charge in [0.2, 0.25) is 5.91 Å². The van der Waals surface area contributed by atoms with Crippen LogP contribution >= 0.6 is 0 Å². The Morgan fingerprint density at radius 2 is 1.85 bits per heavy atom. The van der Waals surface area contributed by atoms with Crippen LogP contribution in [0.5, 0.6) is 5.75 Å². The van der Waals surface area contributed by atoms with Gasteiger partial charge in [-0.1, -0.05) is 12.1 Å². The molecule has 0 aliphatic rings. The third kappa shape index (κ3) is 3.61. The summed E-state index contributed by atoms with van der Waals surface area (Å²) in [5.41, 5.74) is 7.50. The highest BCUT2D eigenvalue weighted by atomic mass is 16.5. The number of furan rings is 1. The molecule has 1 amide bonds. The van der Waals surface area contributed by atoms with Crippen molar-refractivity contribution in [1.29, 1.82) is 0 Å². The number of aryl methyl sites for hydroxylation is 4. The lowest BCUT2D eigenvalue weighted by Crippen LogP contribution is -2.10. The monoisotopic (exact) mass is 363 g/mol. The van der Waals surface area contributed by atoms with Gasteiger partial charge in [0, 0.05) is 28.3 Å². The van der Waals surface area contributed by atoms with Gasteiger partial charge in [-0.15, -0.1) is 0 Å². The Morgan fingerprint density at radius 1 is 1.11 bits per heavy atom. The number of amides is 1. The summed E-state index contributed by atoms with van der Waals surface area (Å²) >= 11 is 0. The first-order valence-corrected chi connectivity index (χ1v) is 8.94. The molecule has 0 saturated heterocycles. The number of allylic oxidation sites excluding steroid dienone is 1. The van der Waals surface area contributed by atoms with Crippen LogP contribution in [0.2, 0.25) is 0 Å². The van der Waals surface area contributed by atoms with Crippen LogP contribution < -0.4 is 10.1 Å². The third-order valence-electron chi connectivity index (χ3n) is 4.87. The Kier molecular flexibility index (Phi) is 5.08. The molecule has 1 heterocycles. The Labute approximate surface area is 159 Å². The molecule has 0 unspecified atom stereocenters. The highest BCUT2D eigenvalue weighted by Crippen LogP contribution is 2.37. The fourth-order valence-electron chi connectivity index (χ4n) is 3.31. The van der Waals surface area contributed by atoms with Crippen LogP contribution in [0, 0.1) is 27.7 Å². The molecule has 0 aliphatic carbocycles. The molecule has 3 rings (SSSR count). The number of rotatable bonds is 4. The lowest BCUT2D eigenvalue weighted by atomic mass is 9.98. The summed E-state index contributed by atoms with van der Waals surface area (Å²) in [5.74, 6) is 0.565. The largest absolute Gasteiger partial charge is 0.496 e. The maximum atomic E-state index is 12.6. The van der Waals surface area contributed by atoms with Gasteiger partial charge in [-0.3, -0.25) is 4.79 Å². The second kappa shape index (κ2) is 7.31. The number of hydrogen-bond donors (Lipinski definition) is 1. The van der Waals surface area contributed by atoms with E-state index >= 15 is 0 Å². The molecular weight excluding hydrogens is 338 g/mol. The van der Waals surface area contributed by atoms with Crippen molar-refractivity contribution in [2.75, 3.05) is 12.4 Å². The Bertz CT molecular complexity index is 1060.